The number of anilines is 2. The van der Waals surface area contributed by atoms with Crippen molar-refractivity contribution in [3.63, 3.8) is 0 Å². The highest BCUT2D eigenvalue weighted by Gasteiger charge is 2.42. The van der Waals surface area contributed by atoms with E-state index >= 15 is 0 Å². The predicted molar refractivity (Wildman–Crippen MR) is 121 cm³/mol. The molecule has 0 spiro atoms. The van der Waals surface area contributed by atoms with E-state index in [0.29, 0.717) is 30.8 Å². The molecule has 0 aromatic carbocycles. The number of ether oxygens (including phenoxy) is 1. The molecule has 9 heteroatoms. The number of methoxy groups -OCH3 is 1. The van der Waals surface area contributed by atoms with Crippen LogP contribution in [-0.4, -0.2) is 53.8 Å². The second kappa shape index (κ2) is 10.2. The molecule has 4 rings (SSSR count). The molecule has 170 valence electrons. The Labute approximate surface area is 188 Å². The van der Waals surface area contributed by atoms with Crippen LogP contribution in [0.25, 0.3) is 11.4 Å². The Bertz CT molecular complexity index is 952. The SMILES string of the molecule is COCCNC1CCC(Nc2ncc(F)c(-c3cc(NCC4(C#N)CC4)ccn3)n2)CC1. The topological polar surface area (TPSA) is 108 Å². The van der Waals surface area contributed by atoms with Crippen molar-refractivity contribution < 1.29 is 9.13 Å². The van der Waals surface area contributed by atoms with Crippen LogP contribution in [0.3, 0.4) is 0 Å². The highest BCUT2D eigenvalue weighted by molar-refractivity contribution is 5.62. The maximum atomic E-state index is 14.5. The number of hydrogen-bond acceptors (Lipinski definition) is 8. The molecule has 2 saturated carbocycles. The summed E-state index contributed by atoms with van der Waals surface area (Å²) in [5.74, 6) is -0.0966. The van der Waals surface area contributed by atoms with Crippen LogP contribution in [0.4, 0.5) is 16.0 Å². The molecule has 2 aromatic rings. The Hall–Kier alpha value is -2.83. The lowest BCUT2D eigenvalue weighted by Gasteiger charge is -2.29. The van der Waals surface area contributed by atoms with Gasteiger partial charge in [0.25, 0.3) is 0 Å². The molecule has 2 heterocycles. The minimum atomic E-state index is -0.512. The molecule has 0 aliphatic heterocycles. The van der Waals surface area contributed by atoms with Gasteiger partial charge in [-0.05, 0) is 50.7 Å². The zero-order valence-corrected chi connectivity index (χ0v) is 18.4. The van der Waals surface area contributed by atoms with Crippen LogP contribution in [0.5, 0.6) is 0 Å². The summed E-state index contributed by atoms with van der Waals surface area (Å²) in [6.07, 6.45) is 8.77. The Kier molecular flexibility index (Phi) is 7.12. The van der Waals surface area contributed by atoms with Crippen molar-refractivity contribution in [3.05, 3.63) is 30.3 Å². The Balaban J connectivity index is 1.37. The van der Waals surface area contributed by atoms with E-state index in [1.807, 2.05) is 6.07 Å². The Morgan fingerprint density at radius 3 is 2.72 bits per heavy atom. The van der Waals surface area contributed by atoms with Gasteiger partial charge in [0, 0.05) is 44.2 Å². The standard InChI is InChI=1S/C23H30FN7O/c1-32-11-10-26-16-2-4-17(5-3-16)30-22-28-13-19(24)21(31-22)20-12-18(6-9-27-20)29-15-23(14-25)7-8-23/h6,9,12-13,16-17,26H,2-5,7-8,10-11,15H2,1H3,(H,27,29)(H,28,30,31). The molecule has 2 aliphatic rings. The molecule has 0 amide bonds. The molecular weight excluding hydrogens is 409 g/mol. The summed E-state index contributed by atoms with van der Waals surface area (Å²) in [7, 11) is 1.71. The Morgan fingerprint density at radius 2 is 2.00 bits per heavy atom. The zero-order valence-electron chi connectivity index (χ0n) is 18.4. The van der Waals surface area contributed by atoms with E-state index in [4.69, 9.17) is 4.74 Å². The lowest BCUT2D eigenvalue weighted by Crippen LogP contribution is -2.38. The molecule has 0 bridgehead atoms. The number of halogens is 1. The third-order valence-electron chi connectivity index (χ3n) is 6.27. The van der Waals surface area contributed by atoms with Gasteiger partial charge in [-0.3, -0.25) is 4.98 Å². The molecule has 0 atom stereocenters. The van der Waals surface area contributed by atoms with E-state index in [2.05, 4.69) is 37.0 Å². The zero-order chi connectivity index (χ0) is 22.4. The highest BCUT2D eigenvalue weighted by atomic mass is 19.1. The van der Waals surface area contributed by atoms with Crippen molar-refractivity contribution in [2.24, 2.45) is 5.41 Å². The number of pyridine rings is 1. The average Bonchev–Trinajstić information content (AvgIpc) is 3.61. The van der Waals surface area contributed by atoms with Crippen molar-refractivity contribution in [2.45, 2.75) is 50.6 Å². The minimum Gasteiger partial charge on any atom is -0.383 e. The van der Waals surface area contributed by atoms with Crippen molar-refractivity contribution >= 4 is 11.6 Å². The smallest absolute Gasteiger partial charge is 0.223 e. The van der Waals surface area contributed by atoms with E-state index in [1.165, 1.54) is 6.20 Å². The van der Waals surface area contributed by atoms with E-state index < -0.39 is 5.82 Å². The van der Waals surface area contributed by atoms with Gasteiger partial charge in [-0.15, -0.1) is 0 Å². The van der Waals surface area contributed by atoms with Crippen LogP contribution in [-0.2, 0) is 4.74 Å². The van der Waals surface area contributed by atoms with Crippen LogP contribution in [0, 0.1) is 22.6 Å². The fourth-order valence-electron chi connectivity index (χ4n) is 4.03. The van der Waals surface area contributed by atoms with Gasteiger partial charge in [0.2, 0.25) is 5.95 Å². The summed E-state index contributed by atoms with van der Waals surface area (Å²) in [4.78, 5) is 12.9. The molecular formula is C23H30FN7O. The molecule has 2 fully saturated rings. The normalized spacial score (nSPS) is 21.5. The molecule has 0 saturated heterocycles. The van der Waals surface area contributed by atoms with E-state index in [9.17, 15) is 9.65 Å². The first kappa shape index (κ1) is 22.4. The van der Waals surface area contributed by atoms with E-state index in [-0.39, 0.29) is 17.2 Å². The highest BCUT2D eigenvalue weighted by Crippen LogP contribution is 2.44. The number of hydrogen-bond donors (Lipinski definition) is 3. The van der Waals surface area contributed by atoms with Gasteiger partial charge >= 0.3 is 0 Å². The van der Waals surface area contributed by atoms with Crippen LogP contribution in [0.1, 0.15) is 38.5 Å². The number of aromatic nitrogens is 3. The molecule has 32 heavy (non-hydrogen) atoms. The fourth-order valence-corrected chi connectivity index (χ4v) is 4.03. The van der Waals surface area contributed by atoms with Crippen molar-refractivity contribution in [1.29, 1.82) is 5.26 Å². The van der Waals surface area contributed by atoms with Gasteiger partial charge in [0.05, 0.1) is 30.0 Å². The van der Waals surface area contributed by atoms with Crippen LogP contribution < -0.4 is 16.0 Å². The minimum absolute atomic E-state index is 0.169. The number of rotatable bonds is 10. The monoisotopic (exact) mass is 439 g/mol. The molecule has 8 nitrogen and oxygen atoms in total. The third-order valence-corrected chi connectivity index (χ3v) is 6.27. The van der Waals surface area contributed by atoms with Crippen LogP contribution in [0.15, 0.2) is 24.5 Å². The van der Waals surface area contributed by atoms with Gasteiger partial charge in [-0.25, -0.2) is 14.4 Å². The second-order valence-corrected chi connectivity index (χ2v) is 8.71. The first-order valence-electron chi connectivity index (χ1n) is 11.2. The fraction of sp³-hybridized carbons (Fsp3) is 0.565. The van der Waals surface area contributed by atoms with Gasteiger partial charge < -0.3 is 20.7 Å². The number of nitriles is 1. The summed E-state index contributed by atoms with van der Waals surface area (Å²) in [6.45, 7) is 2.16. The maximum Gasteiger partial charge on any atom is 0.223 e. The summed E-state index contributed by atoms with van der Waals surface area (Å²) < 4.78 is 19.6. The van der Waals surface area contributed by atoms with Crippen LogP contribution >= 0.6 is 0 Å². The van der Waals surface area contributed by atoms with Crippen LogP contribution in [0.2, 0.25) is 0 Å². The second-order valence-electron chi connectivity index (χ2n) is 8.71. The van der Waals surface area contributed by atoms with Crippen molar-refractivity contribution in [3.8, 4) is 17.5 Å². The molecule has 2 aliphatic carbocycles. The molecule has 0 unspecified atom stereocenters. The Morgan fingerprint density at radius 1 is 1.22 bits per heavy atom. The molecule has 0 radical (unpaired) electrons. The van der Waals surface area contributed by atoms with E-state index in [0.717, 1.165) is 50.8 Å². The third kappa shape index (κ3) is 5.69. The van der Waals surface area contributed by atoms with E-state index in [1.54, 1.807) is 19.4 Å². The predicted octanol–water partition coefficient (Wildman–Crippen LogP) is 3.35. The quantitative estimate of drug-likeness (QED) is 0.484. The summed E-state index contributed by atoms with van der Waals surface area (Å²) in [6, 6.07) is 6.70. The summed E-state index contributed by atoms with van der Waals surface area (Å²) >= 11 is 0. The number of nitrogens with zero attached hydrogens (tertiary/aromatic N) is 4. The first-order valence-corrected chi connectivity index (χ1v) is 11.2. The van der Waals surface area contributed by atoms with Gasteiger partial charge in [-0.2, -0.15) is 5.26 Å². The first-order chi connectivity index (χ1) is 15.6. The van der Waals surface area contributed by atoms with Gasteiger partial charge in [0.15, 0.2) is 5.82 Å². The van der Waals surface area contributed by atoms with Gasteiger partial charge in [0.1, 0.15) is 5.69 Å². The lowest BCUT2D eigenvalue weighted by molar-refractivity contribution is 0.191. The summed E-state index contributed by atoms with van der Waals surface area (Å²) in [5.41, 5.74) is 1.13. The lowest BCUT2D eigenvalue weighted by atomic mass is 9.91. The largest absolute Gasteiger partial charge is 0.383 e. The van der Waals surface area contributed by atoms with Gasteiger partial charge in [-0.1, -0.05) is 0 Å². The molecule has 2 aromatic heterocycles. The summed E-state index contributed by atoms with van der Waals surface area (Å²) in [5, 5.41) is 19.4. The van der Waals surface area contributed by atoms with Crippen molar-refractivity contribution in [2.75, 3.05) is 37.4 Å². The number of nitrogens with one attached hydrogen (secondary N) is 3. The van der Waals surface area contributed by atoms with Crippen molar-refractivity contribution in [1.82, 2.24) is 20.3 Å². The maximum absolute atomic E-state index is 14.5. The molecule has 3 N–H and O–H groups in total. The average molecular weight is 440 g/mol.